The van der Waals surface area contributed by atoms with Gasteiger partial charge in [0.25, 0.3) is 0 Å². The number of hydrogen-bond donors (Lipinski definition) is 1. The molecule has 1 unspecified atom stereocenters. The van der Waals surface area contributed by atoms with Crippen LogP contribution in [0.25, 0.3) is 0 Å². The zero-order chi connectivity index (χ0) is 11.4. The van der Waals surface area contributed by atoms with Crippen LogP contribution in [-0.4, -0.2) is 25.3 Å². The highest BCUT2D eigenvalue weighted by Gasteiger charge is 2.23. The zero-order valence-corrected chi connectivity index (χ0v) is 8.82. The van der Waals surface area contributed by atoms with E-state index in [1.165, 1.54) is 14.2 Å². The van der Waals surface area contributed by atoms with Gasteiger partial charge in [-0.25, -0.2) is 0 Å². The summed E-state index contributed by atoms with van der Waals surface area (Å²) in [6, 6.07) is 0. The standard InChI is InChI=1S/C11H14O4/c1-7-8(6-10(12)13)4-5-9(14-2)11(7)15-3/h4-5,8H,1,6H2,2-3H3,(H,12,13). The average molecular weight is 210 g/mol. The van der Waals surface area contributed by atoms with Crippen molar-refractivity contribution in [3.63, 3.8) is 0 Å². The molecule has 0 aromatic carbocycles. The predicted molar refractivity (Wildman–Crippen MR) is 55.1 cm³/mol. The molecule has 0 aromatic heterocycles. The van der Waals surface area contributed by atoms with Crippen LogP contribution in [0.3, 0.4) is 0 Å². The molecule has 1 rings (SSSR count). The van der Waals surface area contributed by atoms with Gasteiger partial charge in [-0.15, -0.1) is 0 Å². The van der Waals surface area contributed by atoms with Crippen molar-refractivity contribution in [3.05, 3.63) is 35.8 Å². The summed E-state index contributed by atoms with van der Waals surface area (Å²) in [5.41, 5.74) is 0.638. The first kappa shape index (κ1) is 11.4. The van der Waals surface area contributed by atoms with E-state index in [-0.39, 0.29) is 12.3 Å². The van der Waals surface area contributed by atoms with Crippen LogP contribution in [0.15, 0.2) is 35.8 Å². The van der Waals surface area contributed by atoms with Crippen LogP contribution >= 0.6 is 0 Å². The van der Waals surface area contributed by atoms with Crippen LogP contribution in [0, 0.1) is 5.92 Å². The van der Waals surface area contributed by atoms with Gasteiger partial charge in [0.2, 0.25) is 0 Å². The molecular formula is C11H14O4. The molecule has 1 aliphatic rings. The summed E-state index contributed by atoms with van der Waals surface area (Å²) in [6.45, 7) is 3.82. The van der Waals surface area contributed by atoms with E-state index in [2.05, 4.69) is 6.58 Å². The van der Waals surface area contributed by atoms with Crippen molar-refractivity contribution in [2.75, 3.05) is 14.2 Å². The first-order chi connectivity index (χ1) is 7.10. The summed E-state index contributed by atoms with van der Waals surface area (Å²) in [6.07, 6.45) is 3.48. The molecule has 0 heterocycles. The second kappa shape index (κ2) is 4.68. The van der Waals surface area contributed by atoms with E-state index in [1.807, 2.05) is 0 Å². The average Bonchev–Trinajstić information content (AvgIpc) is 2.20. The molecule has 0 saturated heterocycles. The summed E-state index contributed by atoms with van der Waals surface area (Å²) in [7, 11) is 3.04. The third kappa shape index (κ3) is 2.40. The quantitative estimate of drug-likeness (QED) is 0.767. The highest BCUT2D eigenvalue weighted by atomic mass is 16.5. The molecule has 0 aliphatic heterocycles. The van der Waals surface area contributed by atoms with Crippen molar-refractivity contribution >= 4 is 5.97 Å². The van der Waals surface area contributed by atoms with Crippen molar-refractivity contribution < 1.29 is 19.4 Å². The van der Waals surface area contributed by atoms with Crippen LogP contribution in [0.1, 0.15) is 6.42 Å². The van der Waals surface area contributed by atoms with Gasteiger partial charge in [-0.3, -0.25) is 4.79 Å². The Morgan fingerprint density at radius 1 is 1.53 bits per heavy atom. The van der Waals surface area contributed by atoms with E-state index in [0.717, 1.165) is 0 Å². The van der Waals surface area contributed by atoms with Crippen LogP contribution in [0.2, 0.25) is 0 Å². The Bertz CT molecular complexity index is 338. The number of allylic oxidation sites excluding steroid dienone is 3. The number of carboxylic acids is 1. The lowest BCUT2D eigenvalue weighted by molar-refractivity contribution is -0.137. The molecule has 1 N–H and O–H groups in total. The number of carbonyl (C=O) groups is 1. The van der Waals surface area contributed by atoms with Gasteiger partial charge in [-0.1, -0.05) is 12.7 Å². The fraction of sp³-hybridized carbons (Fsp3) is 0.364. The lowest BCUT2D eigenvalue weighted by atomic mass is 9.90. The molecule has 0 fully saturated rings. The number of hydrogen-bond acceptors (Lipinski definition) is 3. The molecule has 1 atom stereocenters. The Labute approximate surface area is 88.5 Å². The lowest BCUT2D eigenvalue weighted by Gasteiger charge is -2.22. The maximum absolute atomic E-state index is 10.6. The lowest BCUT2D eigenvalue weighted by Crippen LogP contribution is -2.14. The number of ether oxygens (including phenoxy) is 2. The van der Waals surface area contributed by atoms with E-state index in [9.17, 15) is 4.79 Å². The number of carboxylic acid groups (broad SMARTS) is 1. The summed E-state index contributed by atoms with van der Waals surface area (Å²) >= 11 is 0. The van der Waals surface area contributed by atoms with Crippen LogP contribution in [0.5, 0.6) is 0 Å². The van der Waals surface area contributed by atoms with E-state index in [0.29, 0.717) is 17.1 Å². The Morgan fingerprint density at radius 2 is 2.20 bits per heavy atom. The number of methoxy groups -OCH3 is 2. The van der Waals surface area contributed by atoms with Crippen LogP contribution in [-0.2, 0) is 14.3 Å². The van der Waals surface area contributed by atoms with Crippen molar-refractivity contribution in [1.82, 2.24) is 0 Å². The highest BCUT2D eigenvalue weighted by Crippen LogP contribution is 2.30. The molecule has 0 amide bonds. The van der Waals surface area contributed by atoms with Gasteiger partial charge in [0, 0.05) is 5.92 Å². The monoisotopic (exact) mass is 210 g/mol. The first-order valence-electron chi connectivity index (χ1n) is 4.51. The molecule has 1 aliphatic carbocycles. The SMILES string of the molecule is C=C1C(OC)=C(OC)C=CC1CC(=O)O. The van der Waals surface area contributed by atoms with Crippen LogP contribution < -0.4 is 0 Å². The molecule has 0 saturated carbocycles. The molecule has 0 spiro atoms. The highest BCUT2D eigenvalue weighted by molar-refractivity contribution is 5.68. The van der Waals surface area contributed by atoms with Gasteiger partial charge < -0.3 is 14.6 Å². The fourth-order valence-corrected chi connectivity index (χ4v) is 1.49. The first-order valence-corrected chi connectivity index (χ1v) is 4.51. The summed E-state index contributed by atoms with van der Waals surface area (Å²) in [5.74, 6) is 0.00820. The summed E-state index contributed by atoms with van der Waals surface area (Å²) in [4.78, 5) is 10.6. The van der Waals surface area contributed by atoms with Gasteiger partial charge >= 0.3 is 5.97 Å². The molecule has 0 aromatic rings. The van der Waals surface area contributed by atoms with Gasteiger partial charge in [-0.2, -0.15) is 0 Å². The van der Waals surface area contributed by atoms with E-state index in [1.54, 1.807) is 12.2 Å². The Morgan fingerprint density at radius 3 is 2.67 bits per heavy atom. The smallest absolute Gasteiger partial charge is 0.304 e. The van der Waals surface area contributed by atoms with Crippen molar-refractivity contribution in [3.8, 4) is 0 Å². The summed E-state index contributed by atoms with van der Waals surface area (Å²) in [5, 5.41) is 8.70. The van der Waals surface area contributed by atoms with E-state index < -0.39 is 5.97 Å². The Balaban J connectivity index is 2.90. The summed E-state index contributed by atoms with van der Waals surface area (Å²) < 4.78 is 10.2. The third-order valence-electron chi connectivity index (χ3n) is 2.26. The second-order valence-electron chi connectivity index (χ2n) is 3.19. The number of aliphatic carboxylic acids is 1. The maximum atomic E-state index is 10.6. The van der Waals surface area contributed by atoms with Gasteiger partial charge in [0.1, 0.15) is 0 Å². The normalized spacial score (nSPS) is 20.4. The molecular weight excluding hydrogens is 196 g/mol. The zero-order valence-electron chi connectivity index (χ0n) is 8.82. The predicted octanol–water partition coefficient (Wildman–Crippen LogP) is 1.71. The van der Waals surface area contributed by atoms with Crippen molar-refractivity contribution in [2.45, 2.75) is 6.42 Å². The molecule has 82 valence electrons. The van der Waals surface area contributed by atoms with E-state index in [4.69, 9.17) is 14.6 Å². The van der Waals surface area contributed by atoms with Crippen molar-refractivity contribution in [2.24, 2.45) is 5.92 Å². The number of rotatable bonds is 4. The second-order valence-corrected chi connectivity index (χ2v) is 3.19. The van der Waals surface area contributed by atoms with Crippen LogP contribution in [0.4, 0.5) is 0 Å². The maximum Gasteiger partial charge on any atom is 0.304 e. The Hall–Kier alpha value is -1.71. The molecule has 0 radical (unpaired) electrons. The molecule has 4 heteroatoms. The molecule has 4 nitrogen and oxygen atoms in total. The Kier molecular flexibility index (Phi) is 3.55. The third-order valence-corrected chi connectivity index (χ3v) is 2.26. The largest absolute Gasteiger partial charge is 0.493 e. The minimum Gasteiger partial charge on any atom is -0.493 e. The van der Waals surface area contributed by atoms with Gasteiger partial charge in [0.05, 0.1) is 20.6 Å². The fourth-order valence-electron chi connectivity index (χ4n) is 1.49. The topological polar surface area (TPSA) is 55.8 Å². The minimum absolute atomic E-state index is 0.0131. The van der Waals surface area contributed by atoms with Gasteiger partial charge in [-0.05, 0) is 11.6 Å². The minimum atomic E-state index is -0.859. The molecule has 15 heavy (non-hydrogen) atoms. The van der Waals surface area contributed by atoms with E-state index >= 15 is 0 Å². The van der Waals surface area contributed by atoms with Crippen molar-refractivity contribution in [1.29, 1.82) is 0 Å². The van der Waals surface area contributed by atoms with Gasteiger partial charge in [0.15, 0.2) is 11.5 Å². The molecule has 0 bridgehead atoms.